The maximum Gasteiger partial charge on any atom is 0.325 e. The van der Waals surface area contributed by atoms with Crippen LogP contribution in [0.25, 0.3) is 0 Å². The van der Waals surface area contributed by atoms with Crippen LogP contribution in [0.1, 0.15) is 0 Å². The summed E-state index contributed by atoms with van der Waals surface area (Å²) in [5, 5.41) is 11.2. The van der Waals surface area contributed by atoms with Gasteiger partial charge in [0.1, 0.15) is 0 Å². The maximum atomic E-state index is 13.5. The van der Waals surface area contributed by atoms with Crippen molar-refractivity contribution in [3.05, 3.63) is 63.4 Å². The number of sulfonamides is 1. The van der Waals surface area contributed by atoms with Crippen molar-refractivity contribution in [1.29, 1.82) is 0 Å². The summed E-state index contributed by atoms with van der Waals surface area (Å²) in [6, 6.07) is 8.51. The topological polar surface area (TPSA) is 89.3 Å². The second-order valence-corrected chi connectivity index (χ2v) is 6.04. The summed E-state index contributed by atoms with van der Waals surface area (Å²) < 4.78 is 39.9. The Hall–Kier alpha value is -2.19. The molecule has 0 unspecified atom stereocenters. The standard InChI is InChI=1S/C12H8ClFN2O4S/c13-8-4-6-9(7-5-8)15-21(19,20)11-3-1-2-10(14)12(11)16(17)18/h1-7,15H. The van der Waals surface area contributed by atoms with E-state index in [-0.39, 0.29) is 5.69 Å². The average Bonchev–Trinajstić information content (AvgIpc) is 2.40. The molecule has 2 aromatic rings. The average molecular weight is 331 g/mol. The summed E-state index contributed by atoms with van der Waals surface area (Å²) in [6.07, 6.45) is 0. The molecule has 2 aromatic carbocycles. The lowest BCUT2D eigenvalue weighted by atomic mass is 10.3. The van der Waals surface area contributed by atoms with Crippen molar-refractivity contribution in [2.45, 2.75) is 4.90 Å². The normalized spacial score (nSPS) is 11.1. The molecule has 0 saturated carbocycles. The van der Waals surface area contributed by atoms with Crippen molar-refractivity contribution in [1.82, 2.24) is 0 Å². The molecule has 2 rings (SSSR count). The number of hydrogen-bond donors (Lipinski definition) is 1. The van der Waals surface area contributed by atoms with Crippen LogP contribution in [0, 0.1) is 15.9 Å². The largest absolute Gasteiger partial charge is 0.325 e. The van der Waals surface area contributed by atoms with Gasteiger partial charge in [-0.15, -0.1) is 0 Å². The molecule has 0 aromatic heterocycles. The van der Waals surface area contributed by atoms with Crippen LogP contribution in [-0.4, -0.2) is 13.3 Å². The number of nitrogens with zero attached hydrogens (tertiary/aromatic N) is 1. The first-order valence-electron chi connectivity index (χ1n) is 5.52. The fourth-order valence-electron chi connectivity index (χ4n) is 1.62. The first kappa shape index (κ1) is 15.2. The van der Waals surface area contributed by atoms with E-state index in [1.54, 1.807) is 0 Å². The van der Waals surface area contributed by atoms with Crippen LogP contribution >= 0.6 is 11.6 Å². The maximum absolute atomic E-state index is 13.5. The predicted octanol–water partition coefficient (Wildman–Crippen LogP) is 3.19. The van der Waals surface area contributed by atoms with E-state index in [0.717, 1.165) is 18.2 Å². The third kappa shape index (κ3) is 3.29. The van der Waals surface area contributed by atoms with Gasteiger partial charge in [0, 0.05) is 10.7 Å². The number of anilines is 1. The Kier molecular flexibility index (Phi) is 4.10. The lowest BCUT2D eigenvalue weighted by molar-refractivity contribution is -0.390. The molecule has 0 heterocycles. The second-order valence-electron chi connectivity index (χ2n) is 3.96. The Balaban J connectivity index is 2.47. The van der Waals surface area contributed by atoms with Gasteiger partial charge in [-0.25, -0.2) is 8.42 Å². The third-order valence-corrected chi connectivity index (χ3v) is 4.18. The molecule has 21 heavy (non-hydrogen) atoms. The minimum atomic E-state index is -4.30. The minimum absolute atomic E-state index is 0.151. The Morgan fingerprint density at radius 3 is 2.33 bits per heavy atom. The van der Waals surface area contributed by atoms with E-state index in [0.29, 0.717) is 5.02 Å². The van der Waals surface area contributed by atoms with E-state index in [2.05, 4.69) is 4.72 Å². The molecule has 0 aliphatic carbocycles. The highest BCUT2D eigenvalue weighted by Crippen LogP contribution is 2.28. The van der Waals surface area contributed by atoms with Gasteiger partial charge in [-0.05, 0) is 36.4 Å². The highest BCUT2D eigenvalue weighted by atomic mass is 35.5. The summed E-state index contributed by atoms with van der Waals surface area (Å²) in [4.78, 5) is 9.02. The van der Waals surface area contributed by atoms with Gasteiger partial charge in [0.15, 0.2) is 4.90 Å². The van der Waals surface area contributed by atoms with Crippen molar-refractivity contribution in [2.24, 2.45) is 0 Å². The highest BCUT2D eigenvalue weighted by Gasteiger charge is 2.29. The van der Waals surface area contributed by atoms with Gasteiger partial charge in [0.05, 0.1) is 4.92 Å². The second kappa shape index (κ2) is 5.66. The SMILES string of the molecule is O=[N+]([O-])c1c(F)cccc1S(=O)(=O)Nc1ccc(Cl)cc1. The molecule has 0 amide bonds. The van der Waals surface area contributed by atoms with Crippen molar-refractivity contribution >= 4 is 33.0 Å². The zero-order chi connectivity index (χ0) is 15.6. The van der Waals surface area contributed by atoms with Crippen LogP contribution in [0.15, 0.2) is 47.4 Å². The predicted molar refractivity (Wildman–Crippen MR) is 75.3 cm³/mol. The van der Waals surface area contributed by atoms with E-state index in [9.17, 15) is 22.9 Å². The molecule has 0 saturated heterocycles. The van der Waals surface area contributed by atoms with Crippen LogP contribution in [0.2, 0.25) is 5.02 Å². The van der Waals surface area contributed by atoms with Gasteiger partial charge in [0.25, 0.3) is 10.0 Å². The molecular formula is C12H8ClFN2O4S. The minimum Gasteiger partial charge on any atom is -0.279 e. The van der Waals surface area contributed by atoms with Crippen molar-refractivity contribution in [3.63, 3.8) is 0 Å². The Morgan fingerprint density at radius 2 is 1.76 bits per heavy atom. The summed E-state index contributed by atoms with van der Waals surface area (Å²) in [6.45, 7) is 0. The van der Waals surface area contributed by atoms with Gasteiger partial charge in [-0.3, -0.25) is 14.8 Å². The molecule has 0 fully saturated rings. The summed E-state index contributed by atoms with van der Waals surface area (Å²) in [7, 11) is -4.30. The van der Waals surface area contributed by atoms with E-state index >= 15 is 0 Å². The number of benzene rings is 2. The van der Waals surface area contributed by atoms with Gasteiger partial charge >= 0.3 is 5.69 Å². The zero-order valence-electron chi connectivity index (χ0n) is 10.3. The van der Waals surface area contributed by atoms with Crippen LogP contribution in [0.3, 0.4) is 0 Å². The molecule has 0 aliphatic rings. The van der Waals surface area contributed by atoms with Crippen LogP contribution in [0.4, 0.5) is 15.8 Å². The van der Waals surface area contributed by atoms with Crippen molar-refractivity contribution in [3.8, 4) is 0 Å². The van der Waals surface area contributed by atoms with Gasteiger partial charge in [0.2, 0.25) is 5.82 Å². The number of halogens is 2. The van der Waals surface area contributed by atoms with Crippen molar-refractivity contribution < 1.29 is 17.7 Å². The summed E-state index contributed by atoms with van der Waals surface area (Å²) in [5.41, 5.74) is -0.947. The van der Waals surface area contributed by atoms with Crippen LogP contribution in [0.5, 0.6) is 0 Å². The zero-order valence-corrected chi connectivity index (χ0v) is 11.9. The number of nitro benzene ring substituents is 1. The molecule has 0 spiro atoms. The monoisotopic (exact) mass is 330 g/mol. The first-order chi connectivity index (χ1) is 9.81. The Labute approximate surface area is 124 Å². The fraction of sp³-hybridized carbons (Fsp3) is 0. The molecule has 0 bridgehead atoms. The van der Waals surface area contributed by atoms with Crippen molar-refractivity contribution in [2.75, 3.05) is 4.72 Å². The number of hydrogen-bond acceptors (Lipinski definition) is 4. The highest BCUT2D eigenvalue weighted by molar-refractivity contribution is 7.92. The third-order valence-electron chi connectivity index (χ3n) is 2.52. The molecular weight excluding hydrogens is 323 g/mol. The summed E-state index contributed by atoms with van der Waals surface area (Å²) in [5.74, 6) is -1.22. The molecule has 110 valence electrons. The lowest BCUT2D eigenvalue weighted by Gasteiger charge is -2.08. The fourth-order valence-corrected chi connectivity index (χ4v) is 2.98. The number of nitrogens with one attached hydrogen (secondary N) is 1. The molecule has 1 N–H and O–H groups in total. The number of rotatable bonds is 4. The molecule has 0 aliphatic heterocycles. The Bertz CT molecular complexity index is 793. The van der Waals surface area contributed by atoms with E-state index in [4.69, 9.17) is 11.6 Å². The van der Waals surface area contributed by atoms with Crippen LogP contribution < -0.4 is 4.72 Å². The van der Waals surface area contributed by atoms with Gasteiger partial charge < -0.3 is 0 Å². The van der Waals surface area contributed by atoms with E-state index < -0.39 is 31.3 Å². The first-order valence-corrected chi connectivity index (χ1v) is 7.38. The lowest BCUT2D eigenvalue weighted by Crippen LogP contribution is -2.15. The quantitative estimate of drug-likeness (QED) is 0.688. The van der Waals surface area contributed by atoms with E-state index in [1.165, 1.54) is 24.3 Å². The molecule has 0 radical (unpaired) electrons. The Morgan fingerprint density at radius 1 is 1.14 bits per heavy atom. The molecule has 9 heteroatoms. The van der Waals surface area contributed by atoms with E-state index in [1.807, 2.05) is 0 Å². The molecule has 6 nitrogen and oxygen atoms in total. The number of nitro groups is 1. The van der Waals surface area contributed by atoms with Crippen LogP contribution in [-0.2, 0) is 10.0 Å². The smallest absolute Gasteiger partial charge is 0.279 e. The van der Waals surface area contributed by atoms with Gasteiger partial charge in [-0.1, -0.05) is 17.7 Å². The number of para-hydroxylation sites is 1. The van der Waals surface area contributed by atoms with Gasteiger partial charge in [-0.2, -0.15) is 4.39 Å². The summed E-state index contributed by atoms with van der Waals surface area (Å²) >= 11 is 5.67. The molecule has 0 atom stereocenters.